The van der Waals surface area contributed by atoms with Crippen molar-refractivity contribution >= 4 is 5.97 Å². The lowest BCUT2D eigenvalue weighted by Crippen LogP contribution is -2.07. The Hall–Kier alpha value is -1.55. The van der Waals surface area contributed by atoms with Crippen molar-refractivity contribution in [2.45, 2.75) is 110 Å². The summed E-state index contributed by atoms with van der Waals surface area (Å²) in [6, 6.07) is 6.95. The highest BCUT2D eigenvalue weighted by Gasteiger charge is 2.09. The monoisotopic (exact) mass is 433 g/mol. The molecule has 0 atom stereocenters. The molecular weight excluding hydrogens is 388 g/mol. The van der Waals surface area contributed by atoms with Crippen LogP contribution < -0.4 is 4.74 Å². The largest absolute Gasteiger partial charge is 0.494 e. The van der Waals surface area contributed by atoms with Gasteiger partial charge in [-0.25, -0.2) is 4.79 Å². The molecule has 1 radical (unpaired) electrons. The van der Waals surface area contributed by atoms with Gasteiger partial charge in [0.25, 0.3) is 0 Å². The minimum atomic E-state index is -0.476. The van der Waals surface area contributed by atoms with Crippen molar-refractivity contribution in [2.24, 2.45) is 0 Å². The number of ether oxygens (including phenoxy) is 1. The second-order valence-electron chi connectivity index (χ2n) is 8.31. The smallest absolute Gasteiger partial charge is 0.373 e. The second-order valence-corrected chi connectivity index (χ2v) is 8.31. The van der Waals surface area contributed by atoms with Crippen molar-refractivity contribution < 1.29 is 19.3 Å². The predicted octanol–water partition coefficient (Wildman–Crippen LogP) is 8.25. The number of hydrogen-bond acceptors (Lipinski definition) is 4. The summed E-state index contributed by atoms with van der Waals surface area (Å²) in [5, 5.41) is 0. The van der Waals surface area contributed by atoms with Gasteiger partial charge in [0, 0.05) is 0 Å². The van der Waals surface area contributed by atoms with E-state index in [1.807, 2.05) is 13.0 Å². The average Bonchev–Trinajstić information content (AvgIpc) is 2.78. The Morgan fingerprint density at radius 2 is 1.29 bits per heavy atom. The molecule has 0 aromatic heterocycles. The van der Waals surface area contributed by atoms with Gasteiger partial charge >= 0.3 is 5.97 Å². The van der Waals surface area contributed by atoms with Crippen molar-refractivity contribution in [2.75, 3.05) is 13.2 Å². The molecule has 0 aliphatic rings. The first-order chi connectivity index (χ1) is 15.3. The van der Waals surface area contributed by atoms with Crippen LogP contribution in [0, 0.1) is 6.92 Å². The summed E-state index contributed by atoms with van der Waals surface area (Å²) in [5.74, 6) is 0.184. The third kappa shape index (κ3) is 15.8. The first kappa shape index (κ1) is 27.5. The fourth-order valence-electron chi connectivity index (χ4n) is 3.66. The first-order valence-electron chi connectivity index (χ1n) is 12.6. The van der Waals surface area contributed by atoms with Crippen LogP contribution in [0.1, 0.15) is 120 Å². The van der Waals surface area contributed by atoms with E-state index < -0.39 is 5.97 Å². The Morgan fingerprint density at radius 1 is 0.774 bits per heavy atom. The second kappa shape index (κ2) is 20.4. The Balaban J connectivity index is 1.83. The van der Waals surface area contributed by atoms with E-state index in [1.165, 1.54) is 83.5 Å². The van der Waals surface area contributed by atoms with Crippen LogP contribution in [0.5, 0.6) is 5.75 Å². The molecule has 0 heterocycles. The summed E-state index contributed by atoms with van der Waals surface area (Å²) in [6.07, 6.45) is 20.8. The number of unbranched alkanes of at least 4 members (excludes halogenated alkanes) is 15. The quantitative estimate of drug-likeness (QED) is 0.111. The lowest BCUT2D eigenvalue weighted by Gasteiger charge is -2.06. The number of carbonyl (C=O) groups excluding carboxylic acids is 1. The number of hydrogen-bond donors (Lipinski definition) is 0. The van der Waals surface area contributed by atoms with E-state index in [4.69, 9.17) is 14.5 Å². The van der Waals surface area contributed by atoms with E-state index in [9.17, 15) is 4.79 Å². The van der Waals surface area contributed by atoms with Gasteiger partial charge in [-0.1, -0.05) is 109 Å². The van der Waals surface area contributed by atoms with Crippen molar-refractivity contribution in [1.82, 2.24) is 0 Å². The van der Waals surface area contributed by atoms with Crippen LogP contribution in [-0.2, 0) is 9.78 Å². The molecule has 177 valence electrons. The summed E-state index contributed by atoms with van der Waals surface area (Å²) >= 11 is 0. The molecule has 31 heavy (non-hydrogen) atoms. The van der Waals surface area contributed by atoms with Gasteiger partial charge in [-0.2, -0.15) is 4.89 Å². The summed E-state index contributed by atoms with van der Waals surface area (Å²) in [5.41, 5.74) is 0.440. The van der Waals surface area contributed by atoms with Gasteiger partial charge in [-0.3, -0.25) is 4.89 Å². The summed E-state index contributed by atoms with van der Waals surface area (Å²) < 4.78 is 5.39. The lowest BCUT2D eigenvalue weighted by atomic mass is 10.0. The molecule has 0 bridgehead atoms. The number of rotatable bonds is 21. The van der Waals surface area contributed by atoms with Gasteiger partial charge < -0.3 is 4.74 Å². The van der Waals surface area contributed by atoms with Crippen LogP contribution in [0.2, 0.25) is 0 Å². The topological polar surface area (TPSA) is 44.8 Å². The molecular formula is C27H45O4. The minimum absolute atomic E-state index is 0.440. The van der Waals surface area contributed by atoms with E-state index in [0.717, 1.165) is 19.3 Å². The van der Waals surface area contributed by atoms with Crippen molar-refractivity contribution in [3.05, 3.63) is 36.8 Å². The third-order valence-corrected chi connectivity index (χ3v) is 5.49. The Labute approximate surface area is 191 Å². The van der Waals surface area contributed by atoms with Crippen molar-refractivity contribution in [3.63, 3.8) is 0 Å². The molecule has 0 amide bonds. The fourth-order valence-corrected chi connectivity index (χ4v) is 3.66. The van der Waals surface area contributed by atoms with Crippen LogP contribution in [0.15, 0.2) is 24.3 Å². The normalized spacial score (nSPS) is 10.9. The first-order valence-corrected chi connectivity index (χ1v) is 12.6. The molecule has 4 heteroatoms. The van der Waals surface area contributed by atoms with E-state index >= 15 is 0 Å². The van der Waals surface area contributed by atoms with Gasteiger partial charge in [0.1, 0.15) is 5.75 Å². The molecule has 0 spiro atoms. The highest BCUT2D eigenvalue weighted by atomic mass is 17.2. The van der Waals surface area contributed by atoms with Gasteiger partial charge in [-0.15, -0.1) is 0 Å². The molecule has 0 aliphatic carbocycles. The predicted molar refractivity (Wildman–Crippen MR) is 128 cm³/mol. The SMILES string of the molecule is [CH2]CCCCCCCCCCCCCCCCCOOC(=O)c1cccc(OCC)c1. The van der Waals surface area contributed by atoms with Gasteiger partial charge in [0.2, 0.25) is 0 Å². The highest BCUT2D eigenvalue weighted by Crippen LogP contribution is 2.15. The van der Waals surface area contributed by atoms with E-state index in [-0.39, 0.29) is 0 Å². The molecule has 1 aromatic rings. The Morgan fingerprint density at radius 3 is 1.81 bits per heavy atom. The fraction of sp³-hybridized carbons (Fsp3) is 0.704. The van der Waals surface area contributed by atoms with Crippen LogP contribution in [-0.4, -0.2) is 19.2 Å². The zero-order chi connectivity index (χ0) is 22.4. The molecule has 1 aromatic carbocycles. The lowest BCUT2D eigenvalue weighted by molar-refractivity contribution is -0.241. The van der Waals surface area contributed by atoms with Crippen LogP contribution in [0.3, 0.4) is 0 Å². The maximum absolute atomic E-state index is 12.0. The number of benzene rings is 1. The van der Waals surface area contributed by atoms with E-state index in [1.54, 1.807) is 18.2 Å². The van der Waals surface area contributed by atoms with Crippen LogP contribution in [0.4, 0.5) is 0 Å². The van der Waals surface area contributed by atoms with E-state index in [2.05, 4.69) is 6.92 Å². The summed E-state index contributed by atoms with van der Waals surface area (Å²) in [4.78, 5) is 21.9. The van der Waals surface area contributed by atoms with E-state index in [0.29, 0.717) is 24.5 Å². The maximum atomic E-state index is 12.0. The van der Waals surface area contributed by atoms with Crippen molar-refractivity contribution in [1.29, 1.82) is 0 Å². The molecule has 4 nitrogen and oxygen atoms in total. The molecule has 1 rings (SSSR count). The van der Waals surface area contributed by atoms with Crippen molar-refractivity contribution in [3.8, 4) is 5.75 Å². The number of carbonyl (C=O) groups is 1. The van der Waals surface area contributed by atoms with Gasteiger partial charge in [0.05, 0.1) is 18.8 Å². The summed E-state index contributed by atoms with van der Waals surface area (Å²) in [6.45, 7) is 6.81. The highest BCUT2D eigenvalue weighted by molar-refractivity contribution is 5.89. The van der Waals surface area contributed by atoms with Gasteiger partial charge in [-0.05, 0) is 31.5 Å². The van der Waals surface area contributed by atoms with Crippen LogP contribution >= 0.6 is 0 Å². The Bertz CT molecular complexity index is 544. The zero-order valence-corrected chi connectivity index (χ0v) is 19.9. The molecule has 0 saturated heterocycles. The zero-order valence-electron chi connectivity index (χ0n) is 19.9. The van der Waals surface area contributed by atoms with Crippen LogP contribution in [0.25, 0.3) is 0 Å². The summed E-state index contributed by atoms with van der Waals surface area (Å²) in [7, 11) is 0. The standard InChI is InChI=1S/C27H45O4/c1-3-5-6-7-8-9-10-11-12-13-14-15-16-17-18-19-23-30-31-27(28)25-21-20-22-26(24-25)29-4-2/h20-22,24H,1,3-19,23H2,2H3. The minimum Gasteiger partial charge on any atom is -0.494 e. The average molecular weight is 434 g/mol. The molecule has 0 N–H and O–H groups in total. The molecule has 0 fully saturated rings. The molecule has 0 saturated carbocycles. The molecule has 0 aliphatic heterocycles. The molecule has 0 unspecified atom stereocenters. The van der Waals surface area contributed by atoms with Gasteiger partial charge in [0.15, 0.2) is 0 Å². The maximum Gasteiger partial charge on any atom is 0.373 e. The Kier molecular flexibility index (Phi) is 18.0. The third-order valence-electron chi connectivity index (χ3n) is 5.49.